The van der Waals surface area contributed by atoms with Crippen LogP contribution in [-0.2, 0) is 6.42 Å². The van der Waals surface area contributed by atoms with Crippen LogP contribution in [0.4, 0.5) is 0 Å². The highest BCUT2D eigenvalue weighted by atomic mass is 16.5. The number of carbonyl (C=O) groups is 1. The summed E-state index contributed by atoms with van der Waals surface area (Å²) in [6, 6.07) is 6.89. The van der Waals surface area contributed by atoms with Gasteiger partial charge in [-0.05, 0) is 24.3 Å². The van der Waals surface area contributed by atoms with Crippen molar-refractivity contribution in [3.05, 3.63) is 53.1 Å². The number of ether oxygens (including phenoxy) is 1. The summed E-state index contributed by atoms with van der Waals surface area (Å²) in [7, 11) is 0. The molecule has 0 amide bonds. The van der Waals surface area contributed by atoms with E-state index in [1.165, 1.54) is 6.07 Å². The van der Waals surface area contributed by atoms with E-state index in [9.17, 15) is 35.4 Å². The van der Waals surface area contributed by atoms with Gasteiger partial charge < -0.3 is 50.7 Å². The molecule has 0 saturated carbocycles. The number of benzene rings is 3. The van der Waals surface area contributed by atoms with Crippen molar-refractivity contribution in [2.45, 2.75) is 18.6 Å². The van der Waals surface area contributed by atoms with Crippen molar-refractivity contribution >= 4 is 6.29 Å². The van der Waals surface area contributed by atoms with Crippen molar-refractivity contribution in [3.8, 4) is 51.7 Å². The number of hydrogen-bond acceptors (Lipinski definition) is 11. The Hall–Kier alpha value is -4.51. The molecule has 1 aliphatic heterocycles. The second kappa shape index (κ2) is 8.93. The molecule has 1 aliphatic rings. The van der Waals surface area contributed by atoms with Crippen molar-refractivity contribution in [3.63, 3.8) is 0 Å². The van der Waals surface area contributed by atoms with E-state index in [1.807, 2.05) is 0 Å². The summed E-state index contributed by atoms with van der Waals surface area (Å²) in [6.45, 7) is 0. The Morgan fingerprint density at radius 3 is 1.76 bits per heavy atom. The predicted molar refractivity (Wildman–Crippen MR) is 111 cm³/mol. The van der Waals surface area contributed by atoms with Gasteiger partial charge >= 0.3 is 0 Å². The van der Waals surface area contributed by atoms with Crippen molar-refractivity contribution in [1.29, 1.82) is 0 Å². The molecular formula is C22H20O11. The Balaban J connectivity index is 0.000000235. The third-order valence-electron chi connectivity index (χ3n) is 4.84. The lowest BCUT2D eigenvalue weighted by atomic mass is 9.93. The smallest absolute Gasteiger partial charge is 0.200 e. The summed E-state index contributed by atoms with van der Waals surface area (Å²) < 4.78 is 5.57. The Bertz CT molecular complexity index is 1160. The molecule has 0 fully saturated rings. The fraction of sp³-hybridized carbons (Fsp3) is 0.136. The lowest BCUT2D eigenvalue weighted by Crippen LogP contribution is -2.30. The molecule has 1 heterocycles. The van der Waals surface area contributed by atoms with Gasteiger partial charge in [-0.25, -0.2) is 0 Å². The highest BCUT2D eigenvalue weighted by Gasteiger charge is 2.33. The zero-order valence-electron chi connectivity index (χ0n) is 16.7. The standard InChI is InChI=1S/C15H14O7.C7H6O4/c16-7-3-9(17)8-5-12(20)15(22-13(8)4-7)6-1-10(18)14(21)11(19)2-6;8-3-4-1-5(9)7(11)6(10)2-4/h1-4,12,15-21H,5H2;1-3,9-11H/t12-,15-;/m1./s1. The number of carbonyl (C=O) groups excluding carboxylic acids is 1. The van der Waals surface area contributed by atoms with Crippen LogP contribution in [0.3, 0.4) is 0 Å². The van der Waals surface area contributed by atoms with E-state index < -0.39 is 46.7 Å². The normalized spacial score (nSPS) is 16.6. The molecule has 174 valence electrons. The molecule has 0 aliphatic carbocycles. The second-order valence-corrected chi connectivity index (χ2v) is 7.18. The first-order chi connectivity index (χ1) is 15.5. The van der Waals surface area contributed by atoms with Gasteiger partial charge in [-0.1, -0.05) is 0 Å². The van der Waals surface area contributed by atoms with Gasteiger partial charge in [0.05, 0.1) is 6.10 Å². The van der Waals surface area contributed by atoms with Gasteiger partial charge in [0.2, 0.25) is 0 Å². The molecule has 0 radical (unpaired) electrons. The predicted octanol–water partition coefficient (Wildman–Crippen LogP) is 1.87. The third-order valence-corrected chi connectivity index (χ3v) is 4.84. The van der Waals surface area contributed by atoms with Gasteiger partial charge in [-0.2, -0.15) is 0 Å². The summed E-state index contributed by atoms with van der Waals surface area (Å²) in [5, 5.41) is 84.4. The van der Waals surface area contributed by atoms with Crippen LogP contribution in [0.1, 0.15) is 27.6 Å². The molecule has 9 N–H and O–H groups in total. The molecule has 0 saturated heterocycles. The molecule has 0 unspecified atom stereocenters. The first kappa shape index (κ1) is 23.2. The molecule has 0 spiro atoms. The van der Waals surface area contributed by atoms with Gasteiger partial charge in [0.15, 0.2) is 40.6 Å². The molecular weight excluding hydrogens is 440 g/mol. The molecule has 11 heteroatoms. The topological polar surface area (TPSA) is 208 Å². The number of phenolic OH excluding ortho intramolecular Hbond substituents is 8. The monoisotopic (exact) mass is 460 g/mol. The van der Waals surface area contributed by atoms with Crippen molar-refractivity contribution in [2.75, 3.05) is 0 Å². The Labute approximate surface area is 185 Å². The van der Waals surface area contributed by atoms with Crippen LogP contribution < -0.4 is 4.74 Å². The van der Waals surface area contributed by atoms with E-state index in [1.54, 1.807) is 0 Å². The van der Waals surface area contributed by atoms with Crippen LogP contribution in [0, 0.1) is 0 Å². The molecule has 33 heavy (non-hydrogen) atoms. The van der Waals surface area contributed by atoms with Crippen LogP contribution in [0.2, 0.25) is 0 Å². The average Bonchev–Trinajstić information content (AvgIpc) is 2.75. The third kappa shape index (κ3) is 4.72. The van der Waals surface area contributed by atoms with Gasteiger partial charge in [0.25, 0.3) is 0 Å². The lowest BCUT2D eigenvalue weighted by Gasteiger charge is -2.31. The van der Waals surface area contributed by atoms with Crippen molar-refractivity contribution in [1.82, 2.24) is 0 Å². The molecule has 4 rings (SSSR count). The zero-order valence-corrected chi connectivity index (χ0v) is 16.7. The summed E-state index contributed by atoms with van der Waals surface area (Å²) >= 11 is 0. The number of aldehydes is 1. The van der Waals surface area contributed by atoms with Crippen molar-refractivity contribution in [2.24, 2.45) is 0 Å². The number of aliphatic hydroxyl groups is 1. The van der Waals surface area contributed by atoms with E-state index >= 15 is 0 Å². The number of rotatable bonds is 2. The number of aromatic hydroxyl groups is 8. The first-order valence-corrected chi connectivity index (χ1v) is 9.36. The SMILES string of the molecule is O=Cc1cc(O)c(O)c(O)c1.Oc1cc(O)c2c(c1)O[C@H](c1cc(O)c(O)c(O)c1)[C@H](O)C2. The maximum atomic E-state index is 10.2. The van der Waals surface area contributed by atoms with E-state index in [4.69, 9.17) is 20.1 Å². The number of hydrogen-bond donors (Lipinski definition) is 9. The number of fused-ring (bicyclic) bond motifs is 1. The van der Waals surface area contributed by atoms with E-state index in [-0.39, 0.29) is 34.8 Å². The van der Waals surface area contributed by atoms with Gasteiger partial charge in [0.1, 0.15) is 23.5 Å². The summed E-state index contributed by atoms with van der Waals surface area (Å²) in [5.41, 5.74) is 0.709. The largest absolute Gasteiger partial charge is 0.508 e. The first-order valence-electron chi connectivity index (χ1n) is 9.36. The fourth-order valence-electron chi connectivity index (χ4n) is 3.23. The van der Waals surface area contributed by atoms with Crippen LogP contribution in [0.15, 0.2) is 36.4 Å². The average molecular weight is 460 g/mol. The number of phenols is 8. The lowest BCUT2D eigenvalue weighted by molar-refractivity contribution is 0.0196. The zero-order chi connectivity index (χ0) is 24.4. The molecule has 0 aromatic heterocycles. The second-order valence-electron chi connectivity index (χ2n) is 7.18. The molecule has 0 bridgehead atoms. The molecule has 11 nitrogen and oxygen atoms in total. The Morgan fingerprint density at radius 1 is 0.727 bits per heavy atom. The van der Waals surface area contributed by atoms with Gasteiger partial charge in [0, 0.05) is 35.2 Å². The van der Waals surface area contributed by atoms with Crippen LogP contribution in [0.25, 0.3) is 0 Å². The summed E-state index contributed by atoms with van der Waals surface area (Å²) in [6.07, 6.45) is -1.47. The minimum absolute atomic E-state index is 0.0640. The quantitative estimate of drug-likeness (QED) is 0.199. The van der Waals surface area contributed by atoms with Crippen molar-refractivity contribution < 1.29 is 55.5 Å². The number of aliphatic hydroxyl groups excluding tert-OH is 1. The Morgan fingerprint density at radius 2 is 1.24 bits per heavy atom. The maximum absolute atomic E-state index is 10.2. The van der Waals surface area contributed by atoms with Crippen LogP contribution in [0.5, 0.6) is 51.7 Å². The molecule has 2 atom stereocenters. The van der Waals surface area contributed by atoms with E-state index in [0.717, 1.165) is 30.3 Å². The molecule has 3 aromatic carbocycles. The van der Waals surface area contributed by atoms with E-state index in [2.05, 4.69) is 0 Å². The van der Waals surface area contributed by atoms with Crippen LogP contribution in [-0.4, -0.2) is 58.3 Å². The van der Waals surface area contributed by atoms with Crippen LogP contribution >= 0.6 is 0 Å². The Kier molecular flexibility index (Phi) is 6.26. The maximum Gasteiger partial charge on any atom is 0.200 e. The minimum Gasteiger partial charge on any atom is -0.508 e. The van der Waals surface area contributed by atoms with Gasteiger partial charge in [-0.15, -0.1) is 0 Å². The minimum atomic E-state index is -1.05. The summed E-state index contributed by atoms with van der Waals surface area (Å²) in [4.78, 5) is 10.1. The fourth-order valence-corrected chi connectivity index (χ4v) is 3.23. The highest BCUT2D eigenvalue weighted by molar-refractivity contribution is 5.78. The summed E-state index contributed by atoms with van der Waals surface area (Å²) in [5.74, 6) is -3.57. The molecule has 3 aromatic rings. The van der Waals surface area contributed by atoms with Gasteiger partial charge in [-0.3, -0.25) is 4.79 Å². The highest BCUT2D eigenvalue weighted by Crippen LogP contribution is 2.44. The van der Waals surface area contributed by atoms with E-state index in [0.29, 0.717) is 11.8 Å².